The first kappa shape index (κ1) is 21.8. The highest BCUT2D eigenvalue weighted by Crippen LogP contribution is 2.41. The molecule has 0 bridgehead atoms. The van der Waals surface area contributed by atoms with Gasteiger partial charge >= 0.3 is 0 Å². The summed E-state index contributed by atoms with van der Waals surface area (Å²) in [7, 11) is 0. The minimum absolute atomic E-state index is 0.322. The van der Waals surface area contributed by atoms with Crippen LogP contribution in [-0.4, -0.2) is 15.5 Å². The lowest BCUT2D eigenvalue weighted by Crippen LogP contribution is -2.16. The van der Waals surface area contributed by atoms with Crippen LogP contribution in [0, 0.1) is 11.8 Å². The number of aryl methyl sites for hydroxylation is 2. The smallest absolute Gasteiger partial charge is 0.0924 e. The van der Waals surface area contributed by atoms with E-state index in [0.717, 1.165) is 56.4 Å². The number of hydrogen-bond acceptors (Lipinski definition) is 3. The summed E-state index contributed by atoms with van der Waals surface area (Å²) >= 11 is 8.47. The van der Waals surface area contributed by atoms with Gasteiger partial charge in [0.15, 0.2) is 0 Å². The van der Waals surface area contributed by atoms with E-state index in [2.05, 4.69) is 41.6 Å². The third kappa shape index (κ3) is 6.30. The Morgan fingerprint density at radius 1 is 1.21 bits per heavy atom. The first-order valence-electron chi connectivity index (χ1n) is 11.0. The molecule has 1 N–H and O–H groups in total. The highest BCUT2D eigenvalue weighted by atomic mass is 35.5. The summed E-state index contributed by atoms with van der Waals surface area (Å²) in [6, 6.07) is 8.56. The summed E-state index contributed by atoms with van der Waals surface area (Å²) in [5.74, 6) is 1.37. The van der Waals surface area contributed by atoms with E-state index in [1.807, 2.05) is 6.20 Å². The molecule has 1 fully saturated rings. The van der Waals surface area contributed by atoms with Crippen molar-refractivity contribution in [3.63, 3.8) is 0 Å². The Morgan fingerprint density at radius 2 is 2.11 bits per heavy atom. The van der Waals surface area contributed by atoms with Gasteiger partial charge in [0.2, 0.25) is 0 Å². The number of alkyl halides is 1. The van der Waals surface area contributed by atoms with Gasteiger partial charge in [0.05, 0.1) is 11.1 Å². The third-order valence-corrected chi connectivity index (χ3v) is 7.65. The van der Waals surface area contributed by atoms with Crippen LogP contribution in [0.5, 0.6) is 0 Å². The van der Waals surface area contributed by atoms with Gasteiger partial charge in [0.25, 0.3) is 0 Å². The van der Waals surface area contributed by atoms with Crippen LogP contribution >= 0.6 is 22.9 Å². The Balaban J connectivity index is 1.50. The number of hydrogen-bond donors (Lipinski definition) is 1. The van der Waals surface area contributed by atoms with Crippen molar-refractivity contribution in [1.82, 2.24) is 4.98 Å². The van der Waals surface area contributed by atoms with E-state index in [0.29, 0.717) is 11.3 Å². The van der Waals surface area contributed by atoms with Crippen LogP contribution in [0.25, 0.3) is 0 Å². The van der Waals surface area contributed by atoms with Gasteiger partial charge in [-0.25, -0.2) is 4.98 Å². The molecule has 2 aromatic rings. The molecule has 28 heavy (non-hydrogen) atoms. The van der Waals surface area contributed by atoms with E-state index in [4.69, 9.17) is 11.6 Å². The summed E-state index contributed by atoms with van der Waals surface area (Å²) in [5, 5.41) is 14.0. The van der Waals surface area contributed by atoms with Crippen LogP contribution in [0.15, 0.2) is 35.8 Å². The van der Waals surface area contributed by atoms with Gasteiger partial charge in [-0.1, -0.05) is 44.0 Å². The van der Waals surface area contributed by atoms with Crippen molar-refractivity contribution in [1.29, 1.82) is 0 Å². The normalized spacial score (nSPS) is 23.2. The maximum absolute atomic E-state index is 10.4. The van der Waals surface area contributed by atoms with Gasteiger partial charge in [0, 0.05) is 17.0 Å². The summed E-state index contributed by atoms with van der Waals surface area (Å²) in [6.45, 7) is 2.17. The molecule has 154 valence electrons. The molecule has 0 amide bonds. The fraction of sp³-hybridized carbons (Fsp3) is 0.625. The Bertz CT molecular complexity index is 690. The van der Waals surface area contributed by atoms with Crippen molar-refractivity contribution in [3.8, 4) is 0 Å². The molecule has 1 aromatic heterocycles. The second kappa shape index (κ2) is 11.3. The average molecular weight is 420 g/mol. The molecule has 3 rings (SSSR count). The largest absolute Gasteiger partial charge is 0.388 e. The summed E-state index contributed by atoms with van der Waals surface area (Å²) < 4.78 is 0. The monoisotopic (exact) mass is 419 g/mol. The standard InChI is InChI=1S/C24H34ClNOS/c1-2-3-9-23(27)20-8-4-6-18(17-20)11-13-21-19(12-14-22(21)25)7-5-10-24-26-15-16-28-24/h4,6,8,15-17,19,21-23,27H,2-3,5,7,9-14H2,1H3/t19-,21+,22?,23?/m0/s1. The van der Waals surface area contributed by atoms with E-state index in [1.165, 1.54) is 29.8 Å². The number of benzene rings is 1. The van der Waals surface area contributed by atoms with Gasteiger partial charge < -0.3 is 5.11 Å². The molecular weight excluding hydrogens is 386 g/mol. The molecule has 4 atom stereocenters. The molecule has 0 aliphatic heterocycles. The van der Waals surface area contributed by atoms with Crippen LogP contribution in [0.4, 0.5) is 0 Å². The Labute approximate surface area is 179 Å². The van der Waals surface area contributed by atoms with Gasteiger partial charge in [-0.05, 0) is 74.3 Å². The molecule has 1 aliphatic rings. The second-order valence-electron chi connectivity index (χ2n) is 8.28. The maximum Gasteiger partial charge on any atom is 0.0924 e. The predicted octanol–water partition coefficient (Wildman–Crippen LogP) is 6.96. The molecule has 1 heterocycles. The van der Waals surface area contributed by atoms with E-state index in [9.17, 15) is 5.11 Å². The maximum atomic E-state index is 10.4. The van der Waals surface area contributed by atoms with Crippen molar-refractivity contribution >= 4 is 22.9 Å². The zero-order valence-electron chi connectivity index (χ0n) is 17.0. The Hall–Kier alpha value is -0.900. The molecule has 0 radical (unpaired) electrons. The molecule has 4 heteroatoms. The average Bonchev–Trinajstić information content (AvgIpc) is 3.35. The van der Waals surface area contributed by atoms with E-state index in [-0.39, 0.29) is 6.10 Å². The van der Waals surface area contributed by atoms with Crippen molar-refractivity contribution in [2.75, 3.05) is 0 Å². The minimum Gasteiger partial charge on any atom is -0.388 e. The first-order chi connectivity index (χ1) is 13.7. The number of nitrogens with zero attached hydrogens (tertiary/aromatic N) is 1. The van der Waals surface area contributed by atoms with Gasteiger partial charge in [-0.2, -0.15) is 0 Å². The predicted molar refractivity (Wildman–Crippen MR) is 120 cm³/mol. The molecule has 0 saturated heterocycles. The van der Waals surface area contributed by atoms with E-state index >= 15 is 0 Å². The first-order valence-corrected chi connectivity index (χ1v) is 12.3. The number of unbranched alkanes of at least 4 members (excludes halogenated alkanes) is 1. The number of aliphatic hydroxyl groups is 1. The van der Waals surface area contributed by atoms with Gasteiger partial charge in [-0.15, -0.1) is 22.9 Å². The van der Waals surface area contributed by atoms with Crippen LogP contribution < -0.4 is 0 Å². The van der Waals surface area contributed by atoms with Gasteiger partial charge in [0.1, 0.15) is 0 Å². The highest BCUT2D eigenvalue weighted by molar-refractivity contribution is 7.09. The summed E-state index contributed by atoms with van der Waals surface area (Å²) in [5.41, 5.74) is 2.41. The Morgan fingerprint density at radius 3 is 2.89 bits per heavy atom. The van der Waals surface area contributed by atoms with Crippen molar-refractivity contribution in [3.05, 3.63) is 52.0 Å². The lowest BCUT2D eigenvalue weighted by molar-refractivity contribution is 0.164. The molecular formula is C24H34ClNOS. The second-order valence-corrected chi connectivity index (χ2v) is 9.82. The zero-order chi connectivity index (χ0) is 19.8. The highest BCUT2D eigenvalue weighted by Gasteiger charge is 2.33. The molecule has 1 aliphatic carbocycles. The third-order valence-electron chi connectivity index (χ3n) is 6.27. The topological polar surface area (TPSA) is 33.1 Å². The van der Waals surface area contributed by atoms with Crippen LogP contribution in [0.3, 0.4) is 0 Å². The molecule has 2 nitrogen and oxygen atoms in total. The zero-order valence-corrected chi connectivity index (χ0v) is 18.6. The Kier molecular flexibility index (Phi) is 8.82. The van der Waals surface area contributed by atoms with Crippen molar-refractivity contribution in [2.24, 2.45) is 11.8 Å². The summed E-state index contributed by atoms with van der Waals surface area (Å²) in [6.07, 6.45) is 12.9. The lowest BCUT2D eigenvalue weighted by atomic mass is 9.86. The quantitative estimate of drug-likeness (QED) is 0.399. The summed E-state index contributed by atoms with van der Waals surface area (Å²) in [4.78, 5) is 4.40. The number of rotatable bonds is 11. The molecule has 2 unspecified atom stereocenters. The lowest BCUT2D eigenvalue weighted by Gasteiger charge is -2.22. The molecule has 1 saturated carbocycles. The minimum atomic E-state index is -0.328. The molecule has 1 aromatic carbocycles. The number of halogens is 1. The molecule has 0 spiro atoms. The number of aliphatic hydroxyl groups excluding tert-OH is 1. The van der Waals surface area contributed by atoms with E-state index in [1.54, 1.807) is 11.3 Å². The van der Waals surface area contributed by atoms with Crippen LogP contribution in [0.1, 0.15) is 80.5 Å². The van der Waals surface area contributed by atoms with Gasteiger partial charge in [-0.3, -0.25) is 0 Å². The van der Waals surface area contributed by atoms with Crippen LogP contribution in [-0.2, 0) is 12.8 Å². The fourth-order valence-corrected chi connectivity index (χ4v) is 5.74. The SMILES string of the molecule is CCCCC(O)c1cccc(CC[C@H]2C(Cl)CC[C@@H]2CCCc2nccs2)c1. The van der Waals surface area contributed by atoms with E-state index < -0.39 is 0 Å². The number of aromatic nitrogens is 1. The van der Waals surface area contributed by atoms with Crippen molar-refractivity contribution in [2.45, 2.75) is 82.6 Å². The number of thiazole rings is 1. The van der Waals surface area contributed by atoms with Crippen LogP contribution in [0.2, 0.25) is 0 Å². The van der Waals surface area contributed by atoms with Crippen molar-refractivity contribution < 1.29 is 5.11 Å². The fourth-order valence-electron chi connectivity index (χ4n) is 4.62.